The molecule has 1 atom stereocenters. The number of rotatable bonds is 2. The molecule has 6 nitrogen and oxygen atoms in total. The van der Waals surface area contributed by atoms with Gasteiger partial charge in [-0.05, 0) is 25.0 Å². The summed E-state index contributed by atoms with van der Waals surface area (Å²) in [5.74, 6) is 1.77. The Balaban J connectivity index is 1.52. The van der Waals surface area contributed by atoms with Crippen LogP contribution in [0, 0.1) is 5.41 Å². The van der Waals surface area contributed by atoms with Gasteiger partial charge in [0.1, 0.15) is 5.82 Å². The van der Waals surface area contributed by atoms with Crippen molar-refractivity contribution in [2.24, 2.45) is 5.41 Å². The second-order valence-electron chi connectivity index (χ2n) is 6.83. The molecule has 24 heavy (non-hydrogen) atoms. The van der Waals surface area contributed by atoms with Gasteiger partial charge < -0.3 is 9.64 Å². The monoisotopic (exact) mass is 321 g/mol. The lowest BCUT2D eigenvalue weighted by Gasteiger charge is -2.22. The summed E-state index contributed by atoms with van der Waals surface area (Å²) in [4.78, 5) is 2.36. The first-order valence-electron chi connectivity index (χ1n) is 8.44. The Morgan fingerprint density at radius 1 is 1.00 bits per heavy atom. The second-order valence-corrected chi connectivity index (χ2v) is 6.83. The number of aromatic nitrogens is 4. The molecule has 2 aliphatic heterocycles. The Hall–Kier alpha value is -2.47. The summed E-state index contributed by atoms with van der Waals surface area (Å²) >= 11 is 0. The van der Waals surface area contributed by atoms with Crippen LogP contribution in [0.4, 0.5) is 5.82 Å². The molecule has 6 heteroatoms. The van der Waals surface area contributed by atoms with E-state index >= 15 is 0 Å². The first-order chi connectivity index (χ1) is 11.8. The van der Waals surface area contributed by atoms with Crippen LogP contribution in [0.2, 0.25) is 0 Å². The molecule has 122 valence electrons. The molecule has 0 amide bonds. The van der Waals surface area contributed by atoms with E-state index in [1.165, 1.54) is 6.42 Å². The van der Waals surface area contributed by atoms with Crippen LogP contribution in [0.25, 0.3) is 17.0 Å². The molecule has 2 aromatic heterocycles. The van der Waals surface area contributed by atoms with Gasteiger partial charge in [-0.15, -0.1) is 15.3 Å². The number of ether oxygens (including phenoxy) is 1. The third-order valence-electron chi connectivity index (χ3n) is 5.23. The highest BCUT2D eigenvalue weighted by molar-refractivity contribution is 5.59. The van der Waals surface area contributed by atoms with Crippen molar-refractivity contribution in [2.75, 3.05) is 31.2 Å². The summed E-state index contributed by atoms with van der Waals surface area (Å²) in [5, 5.41) is 13.4. The number of anilines is 1. The lowest BCUT2D eigenvalue weighted by atomic mass is 9.87. The summed E-state index contributed by atoms with van der Waals surface area (Å²) in [5.41, 5.74) is 2.12. The van der Waals surface area contributed by atoms with E-state index < -0.39 is 0 Å². The third-order valence-corrected chi connectivity index (χ3v) is 5.23. The van der Waals surface area contributed by atoms with Crippen LogP contribution in [0.15, 0.2) is 42.5 Å². The molecule has 2 saturated heterocycles. The fourth-order valence-electron chi connectivity index (χ4n) is 3.82. The number of nitrogens with zero attached hydrogens (tertiary/aromatic N) is 5. The minimum absolute atomic E-state index is 0.325. The first kappa shape index (κ1) is 13.9. The fraction of sp³-hybridized carbons (Fsp3) is 0.389. The van der Waals surface area contributed by atoms with Crippen molar-refractivity contribution in [3.8, 4) is 11.4 Å². The third kappa shape index (κ3) is 2.17. The summed E-state index contributed by atoms with van der Waals surface area (Å²) in [6.45, 7) is 3.83. The van der Waals surface area contributed by atoms with Crippen LogP contribution >= 0.6 is 0 Å². The summed E-state index contributed by atoms with van der Waals surface area (Å²) < 4.78 is 7.48. The van der Waals surface area contributed by atoms with Gasteiger partial charge in [0.05, 0.1) is 6.61 Å². The topological polar surface area (TPSA) is 55.5 Å². The van der Waals surface area contributed by atoms with Crippen molar-refractivity contribution in [2.45, 2.75) is 12.8 Å². The van der Waals surface area contributed by atoms with Gasteiger partial charge in [-0.1, -0.05) is 30.3 Å². The van der Waals surface area contributed by atoms with E-state index in [0.717, 1.165) is 55.6 Å². The first-order valence-corrected chi connectivity index (χ1v) is 8.44. The van der Waals surface area contributed by atoms with Crippen molar-refractivity contribution < 1.29 is 4.74 Å². The minimum atomic E-state index is 0.325. The Morgan fingerprint density at radius 2 is 1.92 bits per heavy atom. The van der Waals surface area contributed by atoms with Crippen LogP contribution in [-0.4, -0.2) is 46.1 Å². The maximum atomic E-state index is 5.63. The minimum Gasteiger partial charge on any atom is -0.381 e. The predicted molar refractivity (Wildman–Crippen MR) is 90.9 cm³/mol. The lowest BCUT2D eigenvalue weighted by Crippen LogP contribution is -2.28. The molecule has 1 spiro atoms. The molecular formula is C18H19N5O. The van der Waals surface area contributed by atoms with Gasteiger partial charge in [-0.3, -0.25) is 0 Å². The highest BCUT2D eigenvalue weighted by Gasteiger charge is 2.41. The van der Waals surface area contributed by atoms with E-state index in [1.807, 2.05) is 47.0 Å². The fourth-order valence-corrected chi connectivity index (χ4v) is 3.82. The molecule has 2 fully saturated rings. The van der Waals surface area contributed by atoms with E-state index in [-0.39, 0.29) is 0 Å². The highest BCUT2D eigenvalue weighted by atomic mass is 16.5. The summed E-state index contributed by atoms with van der Waals surface area (Å²) in [6.07, 6.45) is 2.34. The zero-order valence-electron chi connectivity index (χ0n) is 13.4. The average molecular weight is 321 g/mol. The van der Waals surface area contributed by atoms with E-state index in [1.54, 1.807) is 0 Å². The maximum absolute atomic E-state index is 5.63. The largest absolute Gasteiger partial charge is 0.381 e. The van der Waals surface area contributed by atoms with Crippen LogP contribution in [0.1, 0.15) is 12.8 Å². The number of hydrogen-bond acceptors (Lipinski definition) is 5. The molecule has 0 N–H and O–H groups in total. The van der Waals surface area contributed by atoms with Gasteiger partial charge in [-0.2, -0.15) is 4.52 Å². The molecule has 0 bridgehead atoms. The normalized spacial score (nSPS) is 23.6. The molecule has 0 aliphatic carbocycles. The Kier molecular flexibility index (Phi) is 3.06. The van der Waals surface area contributed by atoms with Crippen LogP contribution in [0.3, 0.4) is 0 Å². The van der Waals surface area contributed by atoms with Crippen molar-refractivity contribution in [1.29, 1.82) is 0 Å². The molecular weight excluding hydrogens is 302 g/mol. The van der Waals surface area contributed by atoms with E-state index in [9.17, 15) is 0 Å². The van der Waals surface area contributed by atoms with E-state index in [4.69, 9.17) is 9.84 Å². The molecule has 5 rings (SSSR count). The zero-order chi connectivity index (χ0) is 16.0. The van der Waals surface area contributed by atoms with Crippen molar-refractivity contribution in [3.05, 3.63) is 42.5 Å². The maximum Gasteiger partial charge on any atom is 0.185 e. The lowest BCUT2D eigenvalue weighted by molar-refractivity contribution is 0.160. The summed E-state index contributed by atoms with van der Waals surface area (Å²) in [7, 11) is 0. The van der Waals surface area contributed by atoms with E-state index in [0.29, 0.717) is 5.41 Å². The molecule has 0 saturated carbocycles. The van der Waals surface area contributed by atoms with Gasteiger partial charge in [0, 0.05) is 30.7 Å². The molecule has 2 aliphatic rings. The van der Waals surface area contributed by atoms with Crippen molar-refractivity contribution in [1.82, 2.24) is 19.8 Å². The zero-order valence-corrected chi connectivity index (χ0v) is 13.4. The SMILES string of the molecule is c1ccc(-c2nnc3ccc(N4CCC5(CCOC5)C4)nn23)cc1. The highest BCUT2D eigenvalue weighted by Crippen LogP contribution is 2.39. The number of hydrogen-bond donors (Lipinski definition) is 0. The summed E-state index contributed by atoms with van der Waals surface area (Å²) in [6, 6.07) is 14.1. The van der Waals surface area contributed by atoms with Crippen molar-refractivity contribution >= 4 is 11.5 Å². The smallest absolute Gasteiger partial charge is 0.185 e. The number of benzene rings is 1. The van der Waals surface area contributed by atoms with Gasteiger partial charge in [0.25, 0.3) is 0 Å². The predicted octanol–water partition coefficient (Wildman–Crippen LogP) is 2.41. The quantitative estimate of drug-likeness (QED) is 0.725. The molecule has 3 aromatic rings. The van der Waals surface area contributed by atoms with Crippen LogP contribution < -0.4 is 4.90 Å². The number of fused-ring (bicyclic) bond motifs is 1. The van der Waals surface area contributed by atoms with Gasteiger partial charge in [-0.25, -0.2) is 0 Å². The van der Waals surface area contributed by atoms with Gasteiger partial charge >= 0.3 is 0 Å². The second kappa shape index (κ2) is 5.27. The molecule has 4 heterocycles. The van der Waals surface area contributed by atoms with Crippen molar-refractivity contribution in [3.63, 3.8) is 0 Å². The average Bonchev–Trinajstić information content (AvgIpc) is 3.36. The van der Waals surface area contributed by atoms with E-state index in [2.05, 4.69) is 15.1 Å². The standard InChI is InChI=1S/C18H19N5O/c1-2-4-14(5-3-1)17-20-19-15-6-7-16(21-23(15)17)22-10-8-18(12-22)9-11-24-13-18/h1-7H,8-13H2. The Morgan fingerprint density at radius 3 is 2.75 bits per heavy atom. The molecule has 1 unspecified atom stereocenters. The Bertz CT molecular complexity index is 870. The Labute approximate surface area is 140 Å². The van der Waals surface area contributed by atoms with Crippen LogP contribution in [0.5, 0.6) is 0 Å². The molecule has 0 radical (unpaired) electrons. The van der Waals surface area contributed by atoms with Gasteiger partial charge in [0.15, 0.2) is 11.5 Å². The molecule has 1 aromatic carbocycles. The van der Waals surface area contributed by atoms with Crippen LogP contribution in [-0.2, 0) is 4.74 Å². The van der Waals surface area contributed by atoms with Gasteiger partial charge in [0.2, 0.25) is 0 Å².